The summed E-state index contributed by atoms with van der Waals surface area (Å²) in [6, 6.07) is 26.2. The molecule has 37 heavy (non-hydrogen) atoms. The molecule has 5 rings (SSSR count). The second kappa shape index (κ2) is 11.6. The van der Waals surface area contributed by atoms with E-state index in [4.69, 9.17) is 14.6 Å². The van der Waals surface area contributed by atoms with Crippen molar-refractivity contribution < 1.29 is 14.3 Å². The minimum absolute atomic E-state index is 0.0286. The Labute approximate surface area is 218 Å². The monoisotopic (exact) mass is 498 g/mol. The van der Waals surface area contributed by atoms with Crippen molar-refractivity contribution in [3.8, 4) is 11.5 Å². The fourth-order valence-electron chi connectivity index (χ4n) is 4.99. The van der Waals surface area contributed by atoms with Gasteiger partial charge in [-0.25, -0.2) is 5.01 Å². The lowest BCUT2D eigenvalue weighted by atomic mass is 9.98. The van der Waals surface area contributed by atoms with E-state index in [1.54, 1.807) is 19.2 Å². The number of piperazine rings is 1. The Morgan fingerprint density at radius 1 is 0.811 bits per heavy atom. The van der Waals surface area contributed by atoms with Crippen LogP contribution in [0.15, 0.2) is 84.0 Å². The van der Waals surface area contributed by atoms with Gasteiger partial charge in [0.1, 0.15) is 11.5 Å². The summed E-state index contributed by atoms with van der Waals surface area (Å²) in [5, 5.41) is 6.53. The lowest BCUT2D eigenvalue weighted by molar-refractivity contribution is -0.134. The predicted octanol–water partition coefficient (Wildman–Crippen LogP) is 4.20. The largest absolute Gasteiger partial charge is 0.497 e. The summed E-state index contributed by atoms with van der Waals surface area (Å²) in [4.78, 5) is 18.3. The summed E-state index contributed by atoms with van der Waals surface area (Å²) in [5.74, 6) is 1.62. The number of ether oxygens (including phenoxy) is 2. The first kappa shape index (κ1) is 25.0. The molecule has 7 heteroatoms. The number of carbonyl (C=O) groups is 1. The summed E-state index contributed by atoms with van der Waals surface area (Å²) >= 11 is 0. The number of hydrazone groups is 1. The lowest BCUT2D eigenvalue weighted by Crippen LogP contribution is -2.49. The van der Waals surface area contributed by atoms with Gasteiger partial charge in [-0.05, 0) is 53.1 Å². The number of hydrogen-bond donors (Lipinski definition) is 0. The molecular formula is C30H34N4O3. The van der Waals surface area contributed by atoms with Crippen LogP contribution in [0.5, 0.6) is 11.5 Å². The number of methoxy groups -OCH3 is 2. The van der Waals surface area contributed by atoms with Crippen LogP contribution in [0.3, 0.4) is 0 Å². The fraction of sp³-hybridized carbons (Fsp3) is 0.333. The van der Waals surface area contributed by atoms with Crippen LogP contribution in [0.25, 0.3) is 0 Å². The first-order chi connectivity index (χ1) is 18.1. The maximum atomic E-state index is 13.6. The van der Waals surface area contributed by atoms with E-state index >= 15 is 0 Å². The molecule has 0 saturated carbocycles. The minimum Gasteiger partial charge on any atom is -0.497 e. The number of benzene rings is 3. The van der Waals surface area contributed by atoms with Gasteiger partial charge in [0, 0.05) is 39.1 Å². The second-order valence-electron chi connectivity index (χ2n) is 9.54. The summed E-state index contributed by atoms with van der Waals surface area (Å²) in [6.45, 7) is 4.95. The van der Waals surface area contributed by atoms with Crippen LogP contribution in [-0.4, -0.2) is 73.4 Å². The molecule has 0 aromatic heterocycles. The Hall–Kier alpha value is -3.68. The van der Waals surface area contributed by atoms with E-state index in [0.717, 1.165) is 61.1 Å². The Bertz CT molecular complexity index is 1200. The van der Waals surface area contributed by atoms with Crippen molar-refractivity contribution in [3.05, 3.63) is 95.6 Å². The van der Waals surface area contributed by atoms with E-state index in [2.05, 4.69) is 34.1 Å². The van der Waals surface area contributed by atoms with Crippen LogP contribution in [-0.2, 0) is 11.3 Å². The zero-order valence-electron chi connectivity index (χ0n) is 21.5. The standard InChI is InChI=1S/C30H34N4O3/c1-36-26-12-8-24(9-13-26)28-20-29(25-10-14-27(37-2)15-11-25)34(31-28)30(35)22-33-18-16-32(17-19-33)21-23-6-4-3-5-7-23/h3-15,29H,16-22H2,1-2H3/t29-/m0/s1. The Morgan fingerprint density at radius 3 is 2.03 bits per heavy atom. The molecule has 0 unspecified atom stereocenters. The van der Waals surface area contributed by atoms with Gasteiger partial charge in [0.2, 0.25) is 0 Å². The molecule has 0 aliphatic carbocycles. The Balaban J connectivity index is 1.27. The third-order valence-electron chi connectivity index (χ3n) is 7.16. The second-order valence-corrected chi connectivity index (χ2v) is 9.54. The molecule has 2 aliphatic rings. The topological polar surface area (TPSA) is 57.6 Å². The van der Waals surface area contributed by atoms with Gasteiger partial charge in [-0.15, -0.1) is 0 Å². The van der Waals surface area contributed by atoms with E-state index in [1.807, 2.05) is 54.6 Å². The van der Waals surface area contributed by atoms with Crippen LogP contribution in [0.4, 0.5) is 0 Å². The number of carbonyl (C=O) groups excluding carboxylic acids is 1. The SMILES string of the molecule is COc1ccc(C2=NN(C(=O)CN3CCN(Cc4ccccc4)CC3)[C@H](c3ccc(OC)cc3)C2)cc1. The van der Waals surface area contributed by atoms with Crippen molar-refractivity contribution >= 4 is 11.6 Å². The van der Waals surface area contributed by atoms with Crippen LogP contribution < -0.4 is 9.47 Å². The summed E-state index contributed by atoms with van der Waals surface area (Å²) in [6.07, 6.45) is 0.662. The highest BCUT2D eigenvalue weighted by Gasteiger charge is 2.34. The third-order valence-corrected chi connectivity index (χ3v) is 7.16. The molecule has 3 aromatic carbocycles. The van der Waals surface area contributed by atoms with Gasteiger partial charge >= 0.3 is 0 Å². The highest BCUT2D eigenvalue weighted by molar-refractivity contribution is 6.03. The Kier molecular flexibility index (Phi) is 7.82. The molecule has 1 fully saturated rings. The van der Waals surface area contributed by atoms with E-state index in [9.17, 15) is 4.79 Å². The average molecular weight is 499 g/mol. The van der Waals surface area contributed by atoms with Crippen molar-refractivity contribution in [1.82, 2.24) is 14.8 Å². The molecule has 1 saturated heterocycles. The van der Waals surface area contributed by atoms with Crippen molar-refractivity contribution in [2.75, 3.05) is 46.9 Å². The quantitative estimate of drug-likeness (QED) is 0.466. The van der Waals surface area contributed by atoms with Crippen LogP contribution in [0.1, 0.15) is 29.2 Å². The summed E-state index contributed by atoms with van der Waals surface area (Å²) in [5.41, 5.74) is 4.29. The molecule has 3 aromatic rings. The van der Waals surface area contributed by atoms with Crippen molar-refractivity contribution in [1.29, 1.82) is 0 Å². The van der Waals surface area contributed by atoms with Crippen molar-refractivity contribution in [2.24, 2.45) is 5.10 Å². The van der Waals surface area contributed by atoms with Crippen molar-refractivity contribution in [2.45, 2.75) is 19.0 Å². The Morgan fingerprint density at radius 2 is 1.41 bits per heavy atom. The third kappa shape index (κ3) is 6.01. The lowest BCUT2D eigenvalue weighted by Gasteiger charge is -2.35. The van der Waals surface area contributed by atoms with Crippen molar-refractivity contribution in [3.63, 3.8) is 0 Å². The van der Waals surface area contributed by atoms with Gasteiger partial charge in [0.15, 0.2) is 0 Å². The fourth-order valence-corrected chi connectivity index (χ4v) is 4.99. The van der Waals surface area contributed by atoms with E-state index < -0.39 is 0 Å². The first-order valence-corrected chi connectivity index (χ1v) is 12.8. The first-order valence-electron chi connectivity index (χ1n) is 12.8. The average Bonchev–Trinajstić information content (AvgIpc) is 3.40. The van der Waals surface area contributed by atoms with Crippen LogP contribution in [0, 0.1) is 0 Å². The normalized spacial score (nSPS) is 18.5. The maximum Gasteiger partial charge on any atom is 0.257 e. The van der Waals surface area contributed by atoms with Gasteiger partial charge < -0.3 is 9.47 Å². The van der Waals surface area contributed by atoms with E-state index in [1.165, 1.54) is 5.56 Å². The summed E-state index contributed by atoms with van der Waals surface area (Å²) in [7, 11) is 3.31. The van der Waals surface area contributed by atoms with Gasteiger partial charge in [0.05, 0.1) is 32.5 Å². The van der Waals surface area contributed by atoms with Gasteiger partial charge in [-0.3, -0.25) is 14.6 Å². The van der Waals surface area contributed by atoms with E-state index in [-0.39, 0.29) is 11.9 Å². The molecule has 1 atom stereocenters. The van der Waals surface area contributed by atoms with Gasteiger partial charge in [-0.2, -0.15) is 5.10 Å². The molecule has 0 N–H and O–H groups in total. The molecule has 2 aliphatic heterocycles. The highest BCUT2D eigenvalue weighted by atomic mass is 16.5. The molecule has 2 heterocycles. The molecular weight excluding hydrogens is 464 g/mol. The van der Waals surface area contributed by atoms with E-state index in [0.29, 0.717) is 13.0 Å². The summed E-state index contributed by atoms with van der Waals surface area (Å²) < 4.78 is 10.6. The molecule has 0 bridgehead atoms. The van der Waals surface area contributed by atoms with Gasteiger partial charge in [0.25, 0.3) is 5.91 Å². The molecule has 7 nitrogen and oxygen atoms in total. The van der Waals surface area contributed by atoms with Crippen LogP contribution >= 0.6 is 0 Å². The number of nitrogens with zero attached hydrogens (tertiary/aromatic N) is 4. The van der Waals surface area contributed by atoms with Gasteiger partial charge in [-0.1, -0.05) is 42.5 Å². The predicted molar refractivity (Wildman–Crippen MR) is 145 cm³/mol. The number of hydrogen-bond acceptors (Lipinski definition) is 6. The molecule has 1 amide bonds. The smallest absolute Gasteiger partial charge is 0.257 e. The molecule has 0 radical (unpaired) electrons. The number of rotatable bonds is 8. The molecule has 192 valence electrons. The number of amides is 1. The zero-order valence-corrected chi connectivity index (χ0v) is 21.5. The molecule has 0 spiro atoms. The highest BCUT2D eigenvalue weighted by Crippen LogP contribution is 2.34. The zero-order chi connectivity index (χ0) is 25.6. The maximum absolute atomic E-state index is 13.6. The van der Waals surface area contributed by atoms with Crippen LogP contribution in [0.2, 0.25) is 0 Å². The minimum atomic E-state index is -0.144.